The second-order valence-corrected chi connectivity index (χ2v) is 4.93. The van der Waals surface area contributed by atoms with Gasteiger partial charge in [0, 0.05) is 24.8 Å². The molecular formula is C14H11F3N8O. The maximum Gasteiger partial charge on any atom is 0.471 e. The number of imidazole rings is 2. The van der Waals surface area contributed by atoms with E-state index in [1.165, 1.54) is 29.2 Å². The zero-order valence-corrected chi connectivity index (χ0v) is 12.9. The lowest BCUT2D eigenvalue weighted by molar-refractivity contribution is -0.167. The van der Waals surface area contributed by atoms with Gasteiger partial charge in [-0.1, -0.05) is 0 Å². The van der Waals surface area contributed by atoms with E-state index < -0.39 is 12.1 Å². The highest BCUT2D eigenvalue weighted by Gasteiger charge is 2.39. The second-order valence-electron chi connectivity index (χ2n) is 4.93. The minimum atomic E-state index is -4.92. The number of nitrogen functional groups attached to an aromatic ring is 1. The van der Waals surface area contributed by atoms with Gasteiger partial charge >= 0.3 is 12.1 Å². The van der Waals surface area contributed by atoms with Crippen molar-refractivity contribution in [2.75, 3.05) is 11.1 Å². The molecule has 0 radical (unpaired) electrons. The minimum absolute atomic E-state index is 0.171. The van der Waals surface area contributed by atoms with Crippen molar-refractivity contribution < 1.29 is 18.0 Å². The van der Waals surface area contributed by atoms with Crippen molar-refractivity contribution in [3.05, 3.63) is 49.6 Å². The van der Waals surface area contributed by atoms with Crippen molar-refractivity contribution in [1.82, 2.24) is 28.7 Å². The van der Waals surface area contributed by atoms with Crippen molar-refractivity contribution in [1.29, 1.82) is 0 Å². The monoisotopic (exact) mass is 364 g/mol. The van der Waals surface area contributed by atoms with Crippen molar-refractivity contribution in [2.45, 2.75) is 6.18 Å². The molecule has 9 nitrogen and oxygen atoms in total. The molecule has 0 spiro atoms. The molecule has 0 aliphatic heterocycles. The van der Waals surface area contributed by atoms with Crippen molar-refractivity contribution in [3.63, 3.8) is 0 Å². The van der Waals surface area contributed by atoms with Gasteiger partial charge in [0.2, 0.25) is 0 Å². The van der Waals surface area contributed by atoms with E-state index in [0.29, 0.717) is 11.5 Å². The summed E-state index contributed by atoms with van der Waals surface area (Å²) >= 11 is 0. The van der Waals surface area contributed by atoms with E-state index in [1.54, 1.807) is 30.1 Å². The summed E-state index contributed by atoms with van der Waals surface area (Å²) in [6.45, 7) is 0. The third-order valence-electron chi connectivity index (χ3n) is 3.05. The smallest absolute Gasteiger partial charge is 0.382 e. The number of aromatic nitrogens is 6. The molecule has 0 saturated heterocycles. The molecule has 4 aromatic heterocycles. The van der Waals surface area contributed by atoms with Crippen LogP contribution in [0.2, 0.25) is 0 Å². The Morgan fingerprint density at radius 2 is 1.58 bits per heavy atom. The van der Waals surface area contributed by atoms with Gasteiger partial charge in [0.1, 0.15) is 5.82 Å². The predicted molar refractivity (Wildman–Crippen MR) is 85.1 cm³/mol. The van der Waals surface area contributed by atoms with Crippen molar-refractivity contribution in [3.8, 4) is 0 Å². The van der Waals surface area contributed by atoms with Crippen LogP contribution < -0.4 is 11.1 Å². The lowest BCUT2D eigenvalue weighted by atomic mass is 10.5. The number of nitrogens with zero attached hydrogens (tertiary/aromatic N) is 6. The zero-order chi connectivity index (χ0) is 18.7. The fourth-order valence-corrected chi connectivity index (χ4v) is 1.95. The van der Waals surface area contributed by atoms with Crippen molar-refractivity contribution in [2.24, 2.45) is 0 Å². The Kier molecular flexibility index (Phi) is 4.39. The summed E-state index contributed by atoms with van der Waals surface area (Å²) in [5.74, 6) is -1.70. The van der Waals surface area contributed by atoms with E-state index in [2.05, 4.69) is 19.9 Å². The molecule has 3 N–H and O–H groups in total. The molecule has 134 valence electrons. The van der Waals surface area contributed by atoms with Crippen LogP contribution in [0.25, 0.3) is 11.3 Å². The average molecular weight is 364 g/mol. The number of nitrogens with one attached hydrogen (secondary N) is 1. The largest absolute Gasteiger partial charge is 0.471 e. The number of alkyl halides is 3. The van der Waals surface area contributed by atoms with Crippen LogP contribution in [0.1, 0.15) is 0 Å². The van der Waals surface area contributed by atoms with Crippen LogP contribution in [0, 0.1) is 0 Å². The van der Waals surface area contributed by atoms with Crippen LogP contribution in [0.3, 0.4) is 0 Å². The van der Waals surface area contributed by atoms with Crippen LogP contribution in [0.4, 0.5) is 24.8 Å². The van der Waals surface area contributed by atoms with Gasteiger partial charge in [0.15, 0.2) is 17.1 Å². The highest BCUT2D eigenvalue weighted by molar-refractivity contribution is 5.94. The van der Waals surface area contributed by atoms with Gasteiger partial charge in [-0.15, -0.1) is 0 Å². The Labute approximate surface area is 143 Å². The molecule has 12 heteroatoms. The molecule has 0 aliphatic rings. The lowest BCUT2D eigenvalue weighted by Gasteiger charge is -2.04. The molecular weight excluding hydrogens is 353 g/mol. The highest BCUT2D eigenvalue weighted by atomic mass is 19.4. The summed E-state index contributed by atoms with van der Waals surface area (Å²) in [7, 11) is 0. The molecule has 0 fully saturated rings. The number of rotatable bonds is 1. The normalized spacial score (nSPS) is 11.2. The Morgan fingerprint density at radius 3 is 2.12 bits per heavy atom. The van der Waals surface area contributed by atoms with Gasteiger partial charge in [-0.2, -0.15) is 13.2 Å². The first-order valence-electron chi connectivity index (χ1n) is 7.04. The predicted octanol–water partition coefficient (Wildman–Crippen LogP) is 1.54. The third-order valence-corrected chi connectivity index (χ3v) is 3.05. The maximum atomic E-state index is 11.9. The number of hydrogen-bond donors (Lipinski definition) is 2. The molecule has 0 aromatic carbocycles. The molecule has 4 rings (SSSR count). The molecule has 4 heterocycles. The Morgan fingerprint density at radius 1 is 1.00 bits per heavy atom. The number of carbonyl (C=O) groups is 1. The number of carbonyl (C=O) groups excluding carboxylic acids is 1. The fourth-order valence-electron chi connectivity index (χ4n) is 1.95. The standard InChI is InChI=1S/C8H5F3N4O.C6H6N4/c9-8(10,11)7(16)14-5-4-15-2-1-12-3-6(15)13-5;7-5-4-10-2-1-8-3-6(10)9-5/h1-4H,(H,14,16);1-4H,7H2. The second kappa shape index (κ2) is 6.66. The number of halogens is 3. The molecule has 0 unspecified atom stereocenters. The van der Waals surface area contributed by atoms with E-state index in [9.17, 15) is 18.0 Å². The van der Waals surface area contributed by atoms with Crippen LogP contribution in [0.5, 0.6) is 0 Å². The van der Waals surface area contributed by atoms with Crippen LogP contribution in [0.15, 0.2) is 49.6 Å². The number of nitrogens with two attached hydrogens (primary N) is 1. The molecule has 0 atom stereocenters. The quantitative estimate of drug-likeness (QED) is 0.529. The summed E-state index contributed by atoms with van der Waals surface area (Å²) in [6.07, 6.45) is 7.56. The maximum absolute atomic E-state index is 11.9. The minimum Gasteiger partial charge on any atom is -0.382 e. The number of hydrogen-bond acceptors (Lipinski definition) is 6. The first kappa shape index (κ1) is 17.1. The van der Waals surface area contributed by atoms with Crippen LogP contribution in [-0.2, 0) is 4.79 Å². The molecule has 0 saturated carbocycles. The van der Waals surface area contributed by atoms with E-state index in [-0.39, 0.29) is 5.82 Å². The topological polar surface area (TPSA) is 116 Å². The fraction of sp³-hybridized carbons (Fsp3) is 0.0714. The Bertz CT molecular complexity index is 989. The molecule has 26 heavy (non-hydrogen) atoms. The Balaban J connectivity index is 0.000000167. The molecule has 0 bridgehead atoms. The average Bonchev–Trinajstić information content (AvgIpc) is 3.15. The summed E-state index contributed by atoms with van der Waals surface area (Å²) in [5.41, 5.74) is 6.56. The summed E-state index contributed by atoms with van der Waals surface area (Å²) in [4.78, 5) is 26.0. The van der Waals surface area contributed by atoms with Crippen molar-refractivity contribution >= 4 is 28.8 Å². The van der Waals surface area contributed by atoms with Gasteiger partial charge in [-0.25, -0.2) is 9.97 Å². The first-order chi connectivity index (χ1) is 12.3. The van der Waals surface area contributed by atoms with Gasteiger partial charge < -0.3 is 19.9 Å². The number of anilines is 2. The van der Waals surface area contributed by atoms with Gasteiger partial charge in [-0.05, 0) is 0 Å². The van der Waals surface area contributed by atoms with Gasteiger partial charge in [0.05, 0.1) is 24.8 Å². The molecule has 1 amide bonds. The zero-order valence-electron chi connectivity index (χ0n) is 12.9. The van der Waals surface area contributed by atoms with E-state index in [1.807, 2.05) is 4.40 Å². The van der Waals surface area contributed by atoms with Gasteiger partial charge in [-0.3, -0.25) is 14.8 Å². The number of fused-ring (bicyclic) bond motifs is 2. The third kappa shape index (κ3) is 3.85. The summed E-state index contributed by atoms with van der Waals surface area (Å²) in [5, 5.41) is 1.65. The van der Waals surface area contributed by atoms with E-state index in [0.717, 1.165) is 5.65 Å². The van der Waals surface area contributed by atoms with Crippen LogP contribution >= 0.6 is 0 Å². The molecule has 4 aromatic rings. The first-order valence-corrected chi connectivity index (χ1v) is 7.04. The summed E-state index contributed by atoms with van der Waals surface area (Å²) in [6, 6.07) is 0. The lowest BCUT2D eigenvalue weighted by Crippen LogP contribution is -2.30. The molecule has 0 aliphatic carbocycles. The highest BCUT2D eigenvalue weighted by Crippen LogP contribution is 2.17. The van der Waals surface area contributed by atoms with Crippen LogP contribution in [-0.4, -0.2) is 40.8 Å². The SMILES string of the molecule is Nc1cn2ccncc2n1.O=C(Nc1cn2ccncc2n1)C(F)(F)F. The summed E-state index contributed by atoms with van der Waals surface area (Å²) < 4.78 is 39.1. The van der Waals surface area contributed by atoms with E-state index in [4.69, 9.17) is 5.73 Å². The number of amides is 1. The van der Waals surface area contributed by atoms with E-state index >= 15 is 0 Å². The Hall–Kier alpha value is -3.70. The van der Waals surface area contributed by atoms with Gasteiger partial charge in [0.25, 0.3) is 0 Å².